The Hall–Kier alpha value is -0.340. The fourth-order valence-corrected chi connectivity index (χ4v) is 1.01. The van der Waals surface area contributed by atoms with Crippen molar-refractivity contribution in [3.05, 3.63) is 17.9 Å². The molecule has 6 nitrogen and oxygen atoms in total. The standard InChI is InChI=1S/C5H4O6S.Na/c6-5(7)3-1-2-4(11-3)12(8,9)10;/h1-2H,(H,6,7)(H,8,9,10);/q;+1. The molecule has 1 aromatic rings. The fraction of sp³-hybridized carbons (Fsp3) is 0. The van der Waals surface area contributed by atoms with Gasteiger partial charge in [-0.25, -0.2) is 4.79 Å². The molecule has 0 saturated heterocycles. The Morgan fingerprint density at radius 2 is 1.92 bits per heavy atom. The summed E-state index contributed by atoms with van der Waals surface area (Å²) < 4.78 is 33.3. The maximum Gasteiger partial charge on any atom is 1.00 e. The third-order valence-electron chi connectivity index (χ3n) is 1.05. The van der Waals surface area contributed by atoms with Crippen LogP contribution in [0.4, 0.5) is 0 Å². The molecule has 0 radical (unpaired) electrons. The predicted octanol–water partition coefficient (Wildman–Crippen LogP) is -2.77. The van der Waals surface area contributed by atoms with Crippen LogP contribution in [0.5, 0.6) is 0 Å². The van der Waals surface area contributed by atoms with Gasteiger partial charge in [0.1, 0.15) is 0 Å². The van der Waals surface area contributed by atoms with E-state index in [1.807, 2.05) is 0 Å². The van der Waals surface area contributed by atoms with E-state index in [0.717, 1.165) is 12.1 Å². The average Bonchev–Trinajstić information content (AvgIpc) is 2.30. The van der Waals surface area contributed by atoms with Gasteiger partial charge < -0.3 is 9.52 Å². The van der Waals surface area contributed by atoms with E-state index in [0.29, 0.717) is 0 Å². The minimum atomic E-state index is -4.45. The quantitative estimate of drug-likeness (QED) is 0.408. The first-order valence-corrected chi connectivity index (χ1v) is 4.16. The monoisotopic (exact) mass is 215 g/mol. The number of furan rings is 1. The second-order valence-electron chi connectivity index (χ2n) is 1.90. The molecule has 0 unspecified atom stereocenters. The number of rotatable bonds is 2. The second kappa shape index (κ2) is 4.25. The number of hydrogen-bond acceptors (Lipinski definition) is 4. The van der Waals surface area contributed by atoms with E-state index in [-0.39, 0.29) is 29.6 Å². The molecule has 0 aromatic carbocycles. The maximum atomic E-state index is 10.3. The molecule has 13 heavy (non-hydrogen) atoms. The number of carboxylic acids is 1. The molecule has 0 aliphatic rings. The molecule has 66 valence electrons. The van der Waals surface area contributed by atoms with Crippen LogP contribution in [-0.4, -0.2) is 24.0 Å². The summed E-state index contributed by atoms with van der Waals surface area (Å²) in [6.07, 6.45) is 0. The fourth-order valence-electron chi connectivity index (χ4n) is 0.574. The van der Waals surface area contributed by atoms with E-state index in [4.69, 9.17) is 9.66 Å². The van der Waals surface area contributed by atoms with Gasteiger partial charge in [-0.3, -0.25) is 4.55 Å². The van der Waals surface area contributed by atoms with E-state index < -0.39 is 26.9 Å². The van der Waals surface area contributed by atoms with Crippen molar-refractivity contribution in [2.24, 2.45) is 0 Å². The van der Waals surface area contributed by atoms with Gasteiger partial charge >= 0.3 is 45.6 Å². The van der Waals surface area contributed by atoms with Crippen molar-refractivity contribution in [3.8, 4) is 0 Å². The van der Waals surface area contributed by atoms with E-state index in [2.05, 4.69) is 4.42 Å². The van der Waals surface area contributed by atoms with Gasteiger partial charge in [-0.15, -0.1) is 0 Å². The van der Waals surface area contributed by atoms with Gasteiger partial charge in [-0.05, 0) is 12.1 Å². The summed E-state index contributed by atoms with van der Waals surface area (Å²) in [5, 5.41) is 7.52. The van der Waals surface area contributed by atoms with E-state index in [9.17, 15) is 13.2 Å². The molecule has 0 aliphatic heterocycles. The molecule has 0 spiro atoms. The Bertz CT molecular complexity index is 404. The zero-order valence-electron chi connectivity index (χ0n) is 6.59. The Kier molecular flexibility index (Phi) is 4.14. The summed E-state index contributed by atoms with van der Waals surface area (Å²) in [5.74, 6) is -1.94. The smallest absolute Gasteiger partial charge is 0.475 e. The summed E-state index contributed by atoms with van der Waals surface area (Å²) in [6.45, 7) is 0. The zero-order valence-corrected chi connectivity index (χ0v) is 9.41. The van der Waals surface area contributed by atoms with Gasteiger partial charge in [-0.2, -0.15) is 8.42 Å². The Labute approximate surface area is 95.6 Å². The molecule has 8 heteroatoms. The van der Waals surface area contributed by atoms with Gasteiger partial charge in [0.05, 0.1) is 0 Å². The maximum absolute atomic E-state index is 10.3. The van der Waals surface area contributed by atoms with Crippen molar-refractivity contribution in [1.29, 1.82) is 0 Å². The first-order chi connectivity index (χ1) is 5.41. The van der Waals surface area contributed by atoms with Crippen LogP contribution in [0, 0.1) is 0 Å². The van der Waals surface area contributed by atoms with Crippen molar-refractivity contribution in [3.63, 3.8) is 0 Å². The van der Waals surface area contributed by atoms with Gasteiger partial charge in [-0.1, -0.05) is 0 Å². The molecule has 1 aromatic heterocycles. The van der Waals surface area contributed by atoms with Crippen LogP contribution in [0.25, 0.3) is 0 Å². The first kappa shape index (κ1) is 12.7. The van der Waals surface area contributed by atoms with Crippen molar-refractivity contribution in [1.82, 2.24) is 0 Å². The normalized spacial score (nSPS) is 10.5. The van der Waals surface area contributed by atoms with Gasteiger partial charge in [0.2, 0.25) is 10.9 Å². The topological polar surface area (TPSA) is 105 Å². The van der Waals surface area contributed by atoms with Gasteiger partial charge in [0, 0.05) is 0 Å². The average molecular weight is 215 g/mol. The second-order valence-corrected chi connectivity index (χ2v) is 3.25. The number of carbonyl (C=O) groups is 1. The van der Waals surface area contributed by atoms with Crippen LogP contribution in [0.2, 0.25) is 0 Å². The van der Waals surface area contributed by atoms with E-state index >= 15 is 0 Å². The summed E-state index contributed by atoms with van der Waals surface area (Å²) in [6, 6.07) is 1.80. The molecule has 1 rings (SSSR count). The van der Waals surface area contributed by atoms with Gasteiger partial charge in [0.25, 0.3) is 0 Å². The first-order valence-electron chi connectivity index (χ1n) is 2.72. The summed E-state index contributed by atoms with van der Waals surface area (Å²) in [7, 11) is -4.45. The Balaban J connectivity index is 0.00000144. The van der Waals surface area contributed by atoms with Crippen LogP contribution in [0.3, 0.4) is 0 Å². The van der Waals surface area contributed by atoms with Crippen LogP contribution < -0.4 is 29.6 Å². The van der Waals surface area contributed by atoms with Crippen molar-refractivity contribution >= 4 is 16.1 Å². The number of hydrogen-bond donors (Lipinski definition) is 2. The number of aromatic carboxylic acids is 1. The third kappa shape index (κ3) is 3.12. The van der Waals surface area contributed by atoms with Crippen molar-refractivity contribution in [2.45, 2.75) is 5.09 Å². The van der Waals surface area contributed by atoms with Crippen LogP contribution >= 0.6 is 0 Å². The van der Waals surface area contributed by atoms with E-state index in [1.54, 1.807) is 0 Å². The van der Waals surface area contributed by atoms with Crippen LogP contribution in [0.15, 0.2) is 21.6 Å². The molecule has 0 amide bonds. The summed E-state index contributed by atoms with van der Waals surface area (Å²) in [5.41, 5.74) is 0. The predicted molar refractivity (Wildman–Crippen MR) is 35.5 cm³/mol. The molecule has 0 bridgehead atoms. The molecular weight excluding hydrogens is 211 g/mol. The van der Waals surface area contributed by atoms with Crippen molar-refractivity contribution in [2.75, 3.05) is 0 Å². The summed E-state index contributed by atoms with van der Waals surface area (Å²) in [4.78, 5) is 10.2. The van der Waals surface area contributed by atoms with Gasteiger partial charge in [0.15, 0.2) is 0 Å². The zero-order chi connectivity index (χ0) is 9.35. The molecule has 0 saturated carbocycles. The largest absolute Gasteiger partial charge is 1.00 e. The molecule has 0 fully saturated rings. The molecular formula is C5H4NaO6S+. The SMILES string of the molecule is O=C(O)c1ccc(S(=O)(=O)O)o1.[Na+]. The van der Waals surface area contributed by atoms with Crippen molar-refractivity contribution < 1.29 is 56.8 Å². The number of carboxylic acid groups (broad SMARTS) is 1. The Morgan fingerprint density at radius 1 is 1.38 bits per heavy atom. The molecule has 1 heterocycles. The third-order valence-corrected chi connectivity index (χ3v) is 1.77. The van der Waals surface area contributed by atoms with E-state index in [1.165, 1.54) is 0 Å². The minimum Gasteiger partial charge on any atom is -0.475 e. The van der Waals surface area contributed by atoms with Crippen LogP contribution in [0.1, 0.15) is 10.6 Å². The minimum absolute atomic E-state index is 0. The van der Waals surface area contributed by atoms with Crippen LogP contribution in [-0.2, 0) is 10.1 Å². The summed E-state index contributed by atoms with van der Waals surface area (Å²) >= 11 is 0. The molecule has 2 N–H and O–H groups in total. The molecule has 0 aliphatic carbocycles. The molecule has 0 atom stereocenters. The Morgan fingerprint density at radius 3 is 2.15 bits per heavy atom.